The van der Waals surface area contributed by atoms with Crippen molar-refractivity contribution in [2.24, 2.45) is 0 Å². The van der Waals surface area contributed by atoms with Crippen molar-refractivity contribution in [3.05, 3.63) is 128 Å². The standard InChI is InChI=1S/2C19H13F6.C3H6.2ClH.Zr/c2*1-2-11-6-12-4-3-5-16(17(12)7-11)13-8-14(18(20,21)22)10-15(9-13)19(23,24)25;1-3-2;;;/h2*3-10H,2H2,1H3;1-2H3;2*1H;/q;;;;;+2/p-2. The molecule has 0 N–H and O–H groups in total. The first kappa shape index (κ1) is 42.5. The van der Waals surface area contributed by atoms with Crippen LogP contribution in [-0.2, 0) is 40.6 Å². The number of hydrogen-bond acceptors (Lipinski definition) is 0. The average Bonchev–Trinajstić information content (AvgIpc) is 3.69. The Labute approximate surface area is 322 Å². The van der Waals surface area contributed by atoms with Gasteiger partial charge >= 0.3 is 324 Å². The SMILES string of the molecule is CCC1=Cc2c(-c3cc(C(F)(F)F)cc(C(F)(F)F)c3)cccc2[CH]1[Zr]([Cl])([Cl])(=[C](C)C)[CH]1C(CC)=Cc2c(-c3cc(C(F)(F)F)cc(C(F)(F)F)c3)cccc21. The van der Waals surface area contributed by atoms with E-state index in [4.69, 9.17) is 17.0 Å². The van der Waals surface area contributed by atoms with Gasteiger partial charge in [0.1, 0.15) is 0 Å². The minimum absolute atomic E-state index is 0.0554. The van der Waals surface area contributed by atoms with Crippen LogP contribution in [0.5, 0.6) is 0 Å². The normalized spacial score (nSPS) is 17.8. The first-order valence-electron chi connectivity index (χ1n) is 17.4. The van der Waals surface area contributed by atoms with E-state index in [-0.39, 0.29) is 34.4 Å². The van der Waals surface area contributed by atoms with Gasteiger partial charge in [-0.15, -0.1) is 0 Å². The van der Waals surface area contributed by atoms with Gasteiger partial charge < -0.3 is 0 Å². The van der Waals surface area contributed by atoms with Crippen molar-refractivity contribution in [3.63, 3.8) is 0 Å². The topological polar surface area (TPSA) is 0 Å². The third-order valence-electron chi connectivity index (χ3n) is 10.9. The molecular weight excluding hydrogens is 883 g/mol. The van der Waals surface area contributed by atoms with Gasteiger partial charge in [0.25, 0.3) is 0 Å². The number of hydrogen-bond donors (Lipinski definition) is 0. The average molecular weight is 915 g/mol. The predicted molar refractivity (Wildman–Crippen MR) is 194 cm³/mol. The summed E-state index contributed by atoms with van der Waals surface area (Å²) < 4.78 is 166. The van der Waals surface area contributed by atoms with Crippen molar-refractivity contribution in [2.75, 3.05) is 0 Å². The molecular formula is C41H32Cl2F12Zr. The van der Waals surface area contributed by atoms with Gasteiger partial charge in [0.2, 0.25) is 0 Å². The van der Waals surface area contributed by atoms with E-state index >= 15 is 0 Å². The van der Waals surface area contributed by atoms with Gasteiger partial charge in [-0.3, -0.25) is 0 Å². The van der Waals surface area contributed by atoms with E-state index in [2.05, 4.69) is 0 Å². The van der Waals surface area contributed by atoms with Gasteiger partial charge in [-0.1, -0.05) is 0 Å². The summed E-state index contributed by atoms with van der Waals surface area (Å²) in [6, 6.07) is 12.0. The molecule has 0 spiro atoms. The molecule has 0 bridgehead atoms. The first-order chi connectivity index (χ1) is 25.7. The van der Waals surface area contributed by atoms with Crippen LogP contribution in [-0.4, -0.2) is 3.21 Å². The fourth-order valence-electron chi connectivity index (χ4n) is 8.26. The van der Waals surface area contributed by atoms with Crippen LogP contribution in [0.25, 0.3) is 34.4 Å². The summed E-state index contributed by atoms with van der Waals surface area (Å²) in [5.41, 5.74) is -3.33. The van der Waals surface area contributed by atoms with Crippen LogP contribution < -0.4 is 0 Å². The molecule has 4 aromatic rings. The van der Waals surface area contributed by atoms with E-state index in [1.807, 2.05) is 13.8 Å². The molecule has 0 saturated carbocycles. The van der Waals surface area contributed by atoms with Crippen LogP contribution in [0.3, 0.4) is 0 Å². The second-order valence-electron chi connectivity index (χ2n) is 14.4. The first-order valence-corrected chi connectivity index (χ1v) is 27.8. The van der Waals surface area contributed by atoms with Gasteiger partial charge in [0.15, 0.2) is 0 Å². The molecule has 0 nitrogen and oxygen atoms in total. The summed E-state index contributed by atoms with van der Waals surface area (Å²) in [5, 5.41) is 0. The predicted octanol–water partition coefficient (Wildman–Crippen LogP) is 15.7. The molecule has 56 heavy (non-hydrogen) atoms. The zero-order valence-corrected chi connectivity index (χ0v) is 33.9. The van der Waals surface area contributed by atoms with Crippen LogP contribution in [0.1, 0.15) is 92.3 Å². The van der Waals surface area contributed by atoms with Crippen LogP contribution in [0, 0.1) is 0 Å². The molecule has 0 amide bonds. The van der Waals surface area contributed by atoms with Gasteiger partial charge in [0.05, 0.1) is 0 Å². The van der Waals surface area contributed by atoms with Crippen molar-refractivity contribution in [1.82, 2.24) is 0 Å². The van der Waals surface area contributed by atoms with Gasteiger partial charge in [0, 0.05) is 0 Å². The summed E-state index contributed by atoms with van der Waals surface area (Å²) in [6.07, 6.45) is -16.3. The van der Waals surface area contributed by atoms with Crippen molar-refractivity contribution in [3.8, 4) is 22.3 Å². The van der Waals surface area contributed by atoms with Gasteiger partial charge in [-0.05, 0) is 0 Å². The van der Waals surface area contributed by atoms with Crippen LogP contribution in [0.2, 0.25) is 0 Å². The Balaban J connectivity index is 1.60. The molecule has 4 aromatic carbocycles. The monoisotopic (exact) mass is 912 g/mol. The molecule has 2 atom stereocenters. The second-order valence-corrected chi connectivity index (χ2v) is 36.1. The van der Waals surface area contributed by atoms with E-state index in [0.29, 0.717) is 73.7 Å². The molecule has 6 rings (SSSR count). The molecule has 0 fully saturated rings. The fraction of sp³-hybridized carbons (Fsp3) is 0.293. The van der Waals surface area contributed by atoms with Crippen LogP contribution in [0.15, 0.2) is 83.9 Å². The Morgan fingerprint density at radius 3 is 1.07 bits per heavy atom. The summed E-state index contributed by atoms with van der Waals surface area (Å²) in [7, 11) is 16.3. The molecule has 0 radical (unpaired) electrons. The summed E-state index contributed by atoms with van der Waals surface area (Å²) in [4.78, 5) is 0. The van der Waals surface area contributed by atoms with Crippen molar-refractivity contribution in [2.45, 2.75) is 72.5 Å². The fourth-order valence-corrected chi connectivity index (χ4v) is 26.8. The van der Waals surface area contributed by atoms with E-state index < -0.39 is 70.1 Å². The Bertz CT molecular complexity index is 2160. The van der Waals surface area contributed by atoms with Gasteiger partial charge in [-0.2, -0.15) is 0 Å². The zero-order chi connectivity index (χ0) is 41.6. The second kappa shape index (κ2) is 14.0. The number of benzene rings is 4. The number of rotatable bonds is 6. The molecule has 0 heterocycles. The third-order valence-corrected chi connectivity index (χ3v) is 33.8. The van der Waals surface area contributed by atoms with E-state index in [9.17, 15) is 52.7 Å². The van der Waals surface area contributed by atoms with Gasteiger partial charge in [-0.25, -0.2) is 0 Å². The number of halogens is 14. The van der Waals surface area contributed by atoms with Crippen molar-refractivity contribution < 1.29 is 68.6 Å². The molecule has 2 unspecified atom stereocenters. The number of allylic oxidation sites excluding steroid dienone is 2. The van der Waals surface area contributed by atoms with E-state index in [1.165, 1.54) is 24.3 Å². The Morgan fingerprint density at radius 2 is 0.821 bits per heavy atom. The number of alkyl halides is 12. The zero-order valence-electron chi connectivity index (χ0n) is 29.9. The quantitative estimate of drug-likeness (QED) is 0.169. The maximum atomic E-state index is 13.9. The summed E-state index contributed by atoms with van der Waals surface area (Å²) >= 11 is -5.87. The third kappa shape index (κ3) is 7.16. The minimum atomic E-state index is -5.87. The van der Waals surface area contributed by atoms with E-state index in [0.717, 1.165) is 0 Å². The molecule has 0 aliphatic heterocycles. The Kier molecular flexibility index (Phi) is 10.6. The molecule has 0 saturated heterocycles. The molecule has 2 aliphatic rings. The molecule has 15 heteroatoms. The van der Waals surface area contributed by atoms with Crippen molar-refractivity contribution >= 4 is 32.4 Å². The maximum absolute atomic E-state index is 13.9. The van der Waals surface area contributed by atoms with E-state index in [1.54, 1.807) is 38.1 Å². The van der Waals surface area contributed by atoms with Crippen molar-refractivity contribution in [1.29, 1.82) is 0 Å². The molecule has 298 valence electrons. The Morgan fingerprint density at radius 1 is 0.518 bits per heavy atom. The van der Waals surface area contributed by atoms with Crippen LogP contribution in [0.4, 0.5) is 52.7 Å². The molecule has 2 aliphatic carbocycles. The van der Waals surface area contributed by atoms with Crippen LogP contribution >= 0.6 is 17.0 Å². The Hall–Kier alpha value is -3.15. The molecule has 0 aromatic heterocycles. The number of fused-ring (bicyclic) bond motifs is 2. The summed E-state index contributed by atoms with van der Waals surface area (Å²) in [6.45, 7) is 7.13. The summed E-state index contributed by atoms with van der Waals surface area (Å²) in [5.74, 6) is 0.